The van der Waals surface area contributed by atoms with Crippen molar-refractivity contribution < 1.29 is 9.53 Å². The SMILES string of the molecule is CCC[C@@H](N)C(=O)NCc1ccccc1COC. The fraction of sp³-hybridized carbons (Fsp3) is 0.500. The molecule has 0 saturated carbocycles. The number of carbonyl (C=O) groups is 1. The number of ether oxygens (including phenoxy) is 1. The molecule has 0 spiro atoms. The van der Waals surface area contributed by atoms with Crippen molar-refractivity contribution in [1.29, 1.82) is 0 Å². The van der Waals surface area contributed by atoms with Gasteiger partial charge in [-0.2, -0.15) is 0 Å². The smallest absolute Gasteiger partial charge is 0.237 e. The van der Waals surface area contributed by atoms with Crippen LogP contribution in [0.1, 0.15) is 30.9 Å². The van der Waals surface area contributed by atoms with Crippen LogP contribution < -0.4 is 11.1 Å². The number of hydrogen-bond donors (Lipinski definition) is 2. The highest BCUT2D eigenvalue weighted by atomic mass is 16.5. The molecule has 0 aliphatic carbocycles. The lowest BCUT2D eigenvalue weighted by Crippen LogP contribution is -2.40. The van der Waals surface area contributed by atoms with Crippen molar-refractivity contribution in [3.05, 3.63) is 35.4 Å². The molecule has 0 saturated heterocycles. The van der Waals surface area contributed by atoms with Crippen molar-refractivity contribution in [3.8, 4) is 0 Å². The second-order valence-electron chi connectivity index (χ2n) is 4.31. The summed E-state index contributed by atoms with van der Waals surface area (Å²) >= 11 is 0. The second kappa shape index (κ2) is 7.84. The van der Waals surface area contributed by atoms with Gasteiger partial charge in [0.1, 0.15) is 0 Å². The quantitative estimate of drug-likeness (QED) is 0.772. The molecule has 0 aliphatic rings. The fourth-order valence-electron chi connectivity index (χ4n) is 1.78. The molecule has 0 aliphatic heterocycles. The normalized spacial score (nSPS) is 12.2. The van der Waals surface area contributed by atoms with Crippen molar-refractivity contribution in [2.24, 2.45) is 5.73 Å². The number of hydrogen-bond acceptors (Lipinski definition) is 3. The van der Waals surface area contributed by atoms with Crippen molar-refractivity contribution in [1.82, 2.24) is 5.32 Å². The molecule has 1 atom stereocenters. The Morgan fingerprint density at radius 2 is 2.06 bits per heavy atom. The molecular formula is C14H22N2O2. The van der Waals surface area contributed by atoms with Gasteiger partial charge >= 0.3 is 0 Å². The van der Waals surface area contributed by atoms with Crippen LogP contribution in [0.4, 0.5) is 0 Å². The lowest BCUT2D eigenvalue weighted by Gasteiger charge is -2.13. The van der Waals surface area contributed by atoms with E-state index >= 15 is 0 Å². The van der Waals surface area contributed by atoms with E-state index in [0.29, 0.717) is 19.6 Å². The first-order valence-electron chi connectivity index (χ1n) is 6.28. The fourth-order valence-corrected chi connectivity index (χ4v) is 1.78. The van der Waals surface area contributed by atoms with Crippen LogP contribution >= 0.6 is 0 Å². The minimum Gasteiger partial charge on any atom is -0.380 e. The predicted molar refractivity (Wildman–Crippen MR) is 71.9 cm³/mol. The molecule has 1 aromatic rings. The van der Waals surface area contributed by atoms with E-state index in [-0.39, 0.29) is 5.91 Å². The highest BCUT2D eigenvalue weighted by Gasteiger charge is 2.12. The van der Waals surface area contributed by atoms with Gasteiger partial charge < -0.3 is 15.8 Å². The Balaban J connectivity index is 2.55. The molecule has 4 nitrogen and oxygen atoms in total. The summed E-state index contributed by atoms with van der Waals surface area (Å²) in [5, 5.41) is 2.86. The summed E-state index contributed by atoms with van der Waals surface area (Å²) in [6, 6.07) is 7.48. The Morgan fingerprint density at radius 3 is 2.67 bits per heavy atom. The van der Waals surface area contributed by atoms with E-state index in [0.717, 1.165) is 17.5 Å². The first kappa shape index (κ1) is 14.7. The average molecular weight is 250 g/mol. The highest BCUT2D eigenvalue weighted by molar-refractivity contribution is 5.81. The minimum absolute atomic E-state index is 0.0935. The van der Waals surface area contributed by atoms with Crippen LogP contribution in [0, 0.1) is 0 Å². The van der Waals surface area contributed by atoms with E-state index in [1.165, 1.54) is 0 Å². The van der Waals surface area contributed by atoms with Gasteiger partial charge in [0.25, 0.3) is 0 Å². The van der Waals surface area contributed by atoms with E-state index in [1.807, 2.05) is 31.2 Å². The Bertz CT molecular complexity index is 380. The predicted octanol–water partition coefficient (Wildman–Crippen LogP) is 1.58. The Morgan fingerprint density at radius 1 is 1.39 bits per heavy atom. The third-order valence-electron chi connectivity index (χ3n) is 2.81. The van der Waals surface area contributed by atoms with Gasteiger partial charge in [-0.15, -0.1) is 0 Å². The number of methoxy groups -OCH3 is 1. The van der Waals surface area contributed by atoms with Gasteiger partial charge in [-0.1, -0.05) is 37.6 Å². The molecular weight excluding hydrogens is 228 g/mol. The zero-order valence-electron chi connectivity index (χ0n) is 11.1. The molecule has 1 aromatic carbocycles. The second-order valence-corrected chi connectivity index (χ2v) is 4.31. The summed E-state index contributed by atoms with van der Waals surface area (Å²) in [5.41, 5.74) is 7.91. The molecule has 18 heavy (non-hydrogen) atoms. The van der Waals surface area contributed by atoms with E-state index in [2.05, 4.69) is 5.32 Å². The van der Waals surface area contributed by atoms with Crippen LogP contribution in [-0.2, 0) is 22.7 Å². The maximum absolute atomic E-state index is 11.7. The third-order valence-corrected chi connectivity index (χ3v) is 2.81. The monoisotopic (exact) mass is 250 g/mol. The molecule has 0 heterocycles. The van der Waals surface area contributed by atoms with Gasteiger partial charge in [0.2, 0.25) is 5.91 Å². The molecule has 100 valence electrons. The van der Waals surface area contributed by atoms with Crippen LogP contribution in [0.2, 0.25) is 0 Å². The molecule has 4 heteroatoms. The van der Waals surface area contributed by atoms with Gasteiger partial charge in [-0.3, -0.25) is 4.79 Å². The topological polar surface area (TPSA) is 64.4 Å². The molecule has 0 aromatic heterocycles. The number of benzene rings is 1. The molecule has 3 N–H and O–H groups in total. The molecule has 1 amide bonds. The van der Waals surface area contributed by atoms with Gasteiger partial charge in [-0.05, 0) is 17.5 Å². The molecule has 0 bridgehead atoms. The maximum Gasteiger partial charge on any atom is 0.237 e. The summed E-state index contributed by atoms with van der Waals surface area (Å²) in [6.07, 6.45) is 1.63. The van der Waals surface area contributed by atoms with Crippen LogP contribution in [0.25, 0.3) is 0 Å². The number of rotatable bonds is 7. The first-order chi connectivity index (χ1) is 8.69. The standard InChI is InChI=1S/C14H22N2O2/c1-3-6-13(15)14(17)16-9-11-7-4-5-8-12(11)10-18-2/h4-5,7-8,13H,3,6,9-10,15H2,1-2H3,(H,16,17)/t13-/m1/s1. The van der Waals surface area contributed by atoms with Crippen molar-refractivity contribution in [2.45, 2.75) is 39.0 Å². The van der Waals surface area contributed by atoms with Crippen molar-refractivity contribution in [3.63, 3.8) is 0 Å². The van der Waals surface area contributed by atoms with Gasteiger partial charge in [0.05, 0.1) is 12.6 Å². The van der Waals surface area contributed by atoms with E-state index in [9.17, 15) is 4.79 Å². The number of nitrogens with two attached hydrogens (primary N) is 1. The average Bonchev–Trinajstić information content (AvgIpc) is 2.38. The van der Waals surface area contributed by atoms with Crippen molar-refractivity contribution in [2.75, 3.05) is 7.11 Å². The van der Waals surface area contributed by atoms with Crippen molar-refractivity contribution >= 4 is 5.91 Å². The van der Waals surface area contributed by atoms with E-state index in [1.54, 1.807) is 7.11 Å². The third kappa shape index (κ3) is 4.47. The van der Waals surface area contributed by atoms with Gasteiger partial charge in [0, 0.05) is 13.7 Å². The lowest BCUT2D eigenvalue weighted by atomic mass is 10.1. The maximum atomic E-state index is 11.7. The van der Waals surface area contributed by atoms with E-state index < -0.39 is 6.04 Å². The Hall–Kier alpha value is -1.39. The molecule has 0 radical (unpaired) electrons. The summed E-state index contributed by atoms with van der Waals surface area (Å²) in [4.78, 5) is 11.7. The van der Waals surface area contributed by atoms with Crippen LogP contribution in [0.5, 0.6) is 0 Å². The first-order valence-corrected chi connectivity index (χ1v) is 6.28. The summed E-state index contributed by atoms with van der Waals surface area (Å²) in [7, 11) is 1.66. The van der Waals surface area contributed by atoms with Crippen LogP contribution in [0.15, 0.2) is 24.3 Å². The highest BCUT2D eigenvalue weighted by Crippen LogP contribution is 2.09. The van der Waals surface area contributed by atoms with E-state index in [4.69, 9.17) is 10.5 Å². The van der Waals surface area contributed by atoms with Gasteiger partial charge in [-0.25, -0.2) is 0 Å². The molecule has 0 fully saturated rings. The van der Waals surface area contributed by atoms with Crippen LogP contribution in [-0.4, -0.2) is 19.1 Å². The van der Waals surface area contributed by atoms with Gasteiger partial charge in [0.15, 0.2) is 0 Å². The lowest BCUT2D eigenvalue weighted by molar-refractivity contribution is -0.122. The number of amides is 1. The largest absolute Gasteiger partial charge is 0.380 e. The zero-order chi connectivity index (χ0) is 13.4. The summed E-state index contributed by atoms with van der Waals surface area (Å²) < 4.78 is 5.12. The molecule has 1 rings (SSSR count). The Kier molecular flexibility index (Phi) is 6.39. The summed E-state index contributed by atoms with van der Waals surface area (Å²) in [5.74, 6) is -0.0935. The zero-order valence-corrected chi connectivity index (χ0v) is 11.1. The Labute approximate surface area is 109 Å². The summed E-state index contributed by atoms with van der Waals surface area (Å²) in [6.45, 7) is 3.06. The molecule has 0 unspecified atom stereocenters. The number of carbonyl (C=O) groups excluding carboxylic acids is 1. The number of nitrogens with one attached hydrogen (secondary N) is 1. The minimum atomic E-state index is -0.412. The van der Waals surface area contributed by atoms with Crippen LogP contribution in [0.3, 0.4) is 0 Å².